The zero-order valence-electron chi connectivity index (χ0n) is 10.2. The lowest BCUT2D eigenvalue weighted by Crippen LogP contribution is -2.15. The molecule has 2 rings (SSSR count). The predicted molar refractivity (Wildman–Crippen MR) is 67.5 cm³/mol. The lowest BCUT2D eigenvalue weighted by atomic mass is 10.1. The van der Waals surface area contributed by atoms with Gasteiger partial charge in [0.05, 0.1) is 17.8 Å². The van der Waals surface area contributed by atoms with E-state index >= 15 is 0 Å². The SMILES string of the molecule is CCc1ccc(-n2ncc(CCl)c2C(F)(F)F)cc1. The highest BCUT2D eigenvalue weighted by molar-refractivity contribution is 6.17. The Morgan fingerprint density at radius 3 is 2.32 bits per heavy atom. The van der Waals surface area contributed by atoms with Crippen LogP contribution in [0.3, 0.4) is 0 Å². The monoisotopic (exact) mass is 288 g/mol. The fourth-order valence-corrected chi connectivity index (χ4v) is 2.05. The van der Waals surface area contributed by atoms with Crippen LogP contribution in [-0.2, 0) is 18.5 Å². The Bertz CT molecular complexity index is 558. The number of hydrogen-bond acceptors (Lipinski definition) is 1. The Morgan fingerprint density at radius 1 is 1.21 bits per heavy atom. The van der Waals surface area contributed by atoms with Gasteiger partial charge < -0.3 is 0 Å². The molecule has 0 unspecified atom stereocenters. The Balaban J connectivity index is 2.52. The Hall–Kier alpha value is -1.49. The molecule has 0 saturated heterocycles. The second kappa shape index (κ2) is 5.25. The normalized spacial score (nSPS) is 11.8. The van der Waals surface area contributed by atoms with E-state index in [1.807, 2.05) is 6.92 Å². The van der Waals surface area contributed by atoms with E-state index in [0.29, 0.717) is 5.69 Å². The topological polar surface area (TPSA) is 17.8 Å². The van der Waals surface area contributed by atoms with Crippen molar-refractivity contribution in [1.29, 1.82) is 0 Å². The second-order valence-corrected chi connectivity index (χ2v) is 4.35. The van der Waals surface area contributed by atoms with E-state index in [1.54, 1.807) is 24.3 Å². The Kier molecular flexibility index (Phi) is 3.85. The summed E-state index contributed by atoms with van der Waals surface area (Å²) in [5.74, 6) is -0.220. The molecule has 2 nitrogen and oxygen atoms in total. The van der Waals surface area contributed by atoms with E-state index in [9.17, 15) is 13.2 Å². The van der Waals surface area contributed by atoms with Gasteiger partial charge in [-0.25, -0.2) is 4.68 Å². The zero-order valence-corrected chi connectivity index (χ0v) is 11.0. The molecule has 102 valence electrons. The van der Waals surface area contributed by atoms with E-state index in [4.69, 9.17) is 11.6 Å². The summed E-state index contributed by atoms with van der Waals surface area (Å²) in [7, 11) is 0. The molecule has 0 aliphatic heterocycles. The average Bonchev–Trinajstić information content (AvgIpc) is 2.82. The smallest absolute Gasteiger partial charge is 0.228 e. The van der Waals surface area contributed by atoms with Crippen LogP contribution in [0.1, 0.15) is 23.7 Å². The van der Waals surface area contributed by atoms with Crippen LogP contribution in [0.4, 0.5) is 13.2 Å². The van der Waals surface area contributed by atoms with Gasteiger partial charge in [-0.05, 0) is 24.1 Å². The van der Waals surface area contributed by atoms with Crippen LogP contribution < -0.4 is 0 Å². The first-order valence-electron chi connectivity index (χ1n) is 5.76. The van der Waals surface area contributed by atoms with Crippen LogP contribution in [0.15, 0.2) is 30.5 Å². The lowest BCUT2D eigenvalue weighted by Gasteiger charge is -2.12. The van der Waals surface area contributed by atoms with Gasteiger partial charge >= 0.3 is 6.18 Å². The molecule has 1 aromatic heterocycles. The fourth-order valence-electron chi connectivity index (χ4n) is 1.85. The van der Waals surface area contributed by atoms with Crippen molar-refractivity contribution in [2.45, 2.75) is 25.4 Å². The van der Waals surface area contributed by atoms with Gasteiger partial charge in [0.2, 0.25) is 0 Å². The van der Waals surface area contributed by atoms with Gasteiger partial charge in [0.15, 0.2) is 5.69 Å². The van der Waals surface area contributed by atoms with Crippen molar-refractivity contribution in [2.75, 3.05) is 0 Å². The molecular formula is C13H12ClF3N2. The van der Waals surface area contributed by atoms with Crippen molar-refractivity contribution in [3.05, 3.63) is 47.3 Å². The molecule has 0 bridgehead atoms. The maximum atomic E-state index is 13.0. The molecular weight excluding hydrogens is 277 g/mol. The molecule has 0 fully saturated rings. The minimum absolute atomic E-state index is 0.0197. The van der Waals surface area contributed by atoms with Gasteiger partial charge in [0, 0.05) is 5.56 Å². The highest BCUT2D eigenvalue weighted by Gasteiger charge is 2.38. The minimum Gasteiger partial charge on any atom is -0.228 e. The first-order chi connectivity index (χ1) is 8.97. The molecule has 0 aliphatic carbocycles. The van der Waals surface area contributed by atoms with E-state index in [0.717, 1.165) is 22.9 Å². The molecule has 0 atom stereocenters. The summed E-state index contributed by atoms with van der Waals surface area (Å²) in [6.07, 6.45) is -2.49. The van der Waals surface area contributed by atoms with Gasteiger partial charge in [-0.15, -0.1) is 11.6 Å². The molecule has 19 heavy (non-hydrogen) atoms. The number of benzene rings is 1. The van der Waals surface area contributed by atoms with Crippen molar-refractivity contribution in [2.24, 2.45) is 0 Å². The van der Waals surface area contributed by atoms with Crippen LogP contribution in [0, 0.1) is 0 Å². The fraction of sp³-hybridized carbons (Fsp3) is 0.308. The van der Waals surface area contributed by atoms with E-state index in [-0.39, 0.29) is 11.4 Å². The summed E-state index contributed by atoms with van der Waals surface area (Å²) < 4.78 is 40.0. The molecule has 1 heterocycles. The lowest BCUT2D eigenvalue weighted by molar-refractivity contribution is -0.143. The third kappa shape index (κ3) is 2.76. The van der Waals surface area contributed by atoms with Crippen molar-refractivity contribution >= 4 is 11.6 Å². The molecule has 2 aromatic rings. The first kappa shape index (κ1) is 13.9. The summed E-state index contributed by atoms with van der Waals surface area (Å²) in [5, 5.41) is 3.79. The number of halogens is 4. The quantitative estimate of drug-likeness (QED) is 0.774. The number of alkyl halides is 4. The standard InChI is InChI=1S/C13H12ClF3N2/c1-2-9-3-5-11(6-4-9)19-12(13(15,16)17)10(7-14)8-18-19/h3-6,8H,2,7H2,1H3. The summed E-state index contributed by atoms with van der Waals surface area (Å²) >= 11 is 5.53. The number of nitrogens with zero attached hydrogens (tertiary/aromatic N) is 2. The summed E-state index contributed by atoms with van der Waals surface area (Å²) in [5.41, 5.74) is 0.600. The summed E-state index contributed by atoms with van der Waals surface area (Å²) in [4.78, 5) is 0. The van der Waals surface area contributed by atoms with Crippen LogP contribution in [0.2, 0.25) is 0 Å². The van der Waals surface area contributed by atoms with Gasteiger partial charge in [-0.3, -0.25) is 0 Å². The first-order valence-corrected chi connectivity index (χ1v) is 6.30. The van der Waals surface area contributed by atoms with Crippen molar-refractivity contribution in [1.82, 2.24) is 9.78 Å². The second-order valence-electron chi connectivity index (χ2n) is 4.08. The van der Waals surface area contributed by atoms with E-state index in [1.165, 1.54) is 0 Å². The maximum absolute atomic E-state index is 13.0. The third-order valence-electron chi connectivity index (χ3n) is 2.85. The molecule has 0 amide bonds. The number of rotatable bonds is 3. The van der Waals surface area contributed by atoms with Crippen LogP contribution in [0.5, 0.6) is 0 Å². The maximum Gasteiger partial charge on any atom is 0.433 e. The molecule has 0 radical (unpaired) electrons. The average molecular weight is 289 g/mol. The van der Waals surface area contributed by atoms with Gasteiger partial charge in [-0.2, -0.15) is 18.3 Å². The van der Waals surface area contributed by atoms with Crippen molar-refractivity contribution in [3.63, 3.8) is 0 Å². The molecule has 6 heteroatoms. The number of aryl methyl sites for hydroxylation is 1. The molecule has 1 aromatic carbocycles. The van der Waals surface area contributed by atoms with Crippen molar-refractivity contribution < 1.29 is 13.2 Å². The Labute approximate surface area is 113 Å². The highest BCUT2D eigenvalue weighted by Crippen LogP contribution is 2.34. The van der Waals surface area contributed by atoms with E-state index in [2.05, 4.69) is 5.10 Å². The summed E-state index contributed by atoms with van der Waals surface area (Å²) in [6, 6.07) is 6.83. The van der Waals surface area contributed by atoms with Gasteiger partial charge in [0.25, 0.3) is 0 Å². The van der Waals surface area contributed by atoms with Crippen molar-refractivity contribution in [3.8, 4) is 5.69 Å². The Morgan fingerprint density at radius 2 is 1.84 bits per heavy atom. The van der Waals surface area contributed by atoms with Gasteiger partial charge in [0.1, 0.15) is 0 Å². The highest BCUT2D eigenvalue weighted by atomic mass is 35.5. The zero-order chi connectivity index (χ0) is 14.0. The van der Waals surface area contributed by atoms with Crippen LogP contribution in [0.25, 0.3) is 5.69 Å². The van der Waals surface area contributed by atoms with E-state index < -0.39 is 11.9 Å². The molecule has 0 aliphatic rings. The molecule has 0 saturated carbocycles. The number of aromatic nitrogens is 2. The minimum atomic E-state index is -4.48. The van der Waals surface area contributed by atoms with Crippen LogP contribution in [-0.4, -0.2) is 9.78 Å². The summed E-state index contributed by atoms with van der Waals surface area (Å²) in [6.45, 7) is 1.98. The number of hydrogen-bond donors (Lipinski definition) is 0. The molecule has 0 N–H and O–H groups in total. The predicted octanol–water partition coefficient (Wildman–Crippen LogP) is 4.19. The van der Waals surface area contributed by atoms with Crippen LogP contribution >= 0.6 is 11.6 Å². The van der Waals surface area contributed by atoms with Gasteiger partial charge in [-0.1, -0.05) is 19.1 Å². The molecule has 0 spiro atoms. The third-order valence-corrected chi connectivity index (χ3v) is 3.13. The largest absolute Gasteiger partial charge is 0.433 e.